The van der Waals surface area contributed by atoms with Gasteiger partial charge in [-0.25, -0.2) is 8.42 Å². The van der Waals surface area contributed by atoms with Crippen molar-refractivity contribution in [2.24, 2.45) is 5.92 Å². The van der Waals surface area contributed by atoms with E-state index in [0.717, 1.165) is 24.3 Å². The molecule has 8 heteroatoms. The maximum atomic E-state index is 13.1. The van der Waals surface area contributed by atoms with Crippen molar-refractivity contribution in [2.45, 2.75) is 35.5 Å². The van der Waals surface area contributed by atoms with Crippen molar-refractivity contribution in [3.8, 4) is 0 Å². The van der Waals surface area contributed by atoms with Gasteiger partial charge < -0.3 is 10.6 Å². The lowest BCUT2D eigenvalue weighted by atomic mass is 10.1. The van der Waals surface area contributed by atoms with Crippen molar-refractivity contribution in [2.75, 3.05) is 36.5 Å². The highest BCUT2D eigenvalue weighted by Gasteiger charge is 2.29. The molecular weight excluding hydrogens is 418 g/mol. The first-order chi connectivity index (χ1) is 14.5. The highest BCUT2D eigenvalue weighted by Crippen LogP contribution is 2.30. The number of thioether (sulfide) groups is 1. The maximum absolute atomic E-state index is 13.1. The summed E-state index contributed by atoms with van der Waals surface area (Å²) in [6.07, 6.45) is 6.11. The Morgan fingerprint density at radius 1 is 1.10 bits per heavy atom. The van der Waals surface area contributed by atoms with Crippen LogP contribution in [-0.2, 0) is 10.0 Å². The molecule has 1 saturated heterocycles. The summed E-state index contributed by atoms with van der Waals surface area (Å²) in [7, 11) is -3.61. The van der Waals surface area contributed by atoms with E-state index in [1.807, 2.05) is 30.5 Å². The zero-order valence-electron chi connectivity index (χ0n) is 17.1. The summed E-state index contributed by atoms with van der Waals surface area (Å²) in [4.78, 5) is 14.2. The number of nitrogens with zero attached hydrogens (tertiary/aromatic N) is 1. The molecule has 1 heterocycles. The maximum Gasteiger partial charge on any atom is 0.255 e. The molecular formula is C22H27N3O3S2. The van der Waals surface area contributed by atoms with E-state index in [9.17, 15) is 13.2 Å². The van der Waals surface area contributed by atoms with Crippen LogP contribution in [0.5, 0.6) is 0 Å². The minimum atomic E-state index is -3.61. The standard InChI is InChI=1S/C22H27N3O3S2/c1-29-20-6-4-5-18(13-20)24-22(26)17-11-19(23-15-16-7-8-16)14-21(12-17)30(27,28)25-9-2-3-10-25/h4-6,11-14,16,23H,2-3,7-10,15H2,1H3,(H,24,26). The van der Waals surface area contributed by atoms with Gasteiger partial charge in [0.2, 0.25) is 10.0 Å². The van der Waals surface area contributed by atoms with Gasteiger partial charge >= 0.3 is 0 Å². The predicted octanol–water partition coefficient (Wildman–Crippen LogP) is 4.27. The molecule has 2 aromatic rings. The molecule has 0 atom stereocenters. The Bertz CT molecular complexity index is 1030. The van der Waals surface area contributed by atoms with Crippen LogP contribution < -0.4 is 10.6 Å². The third-order valence-electron chi connectivity index (χ3n) is 5.49. The largest absolute Gasteiger partial charge is 0.385 e. The summed E-state index contributed by atoms with van der Waals surface area (Å²) in [6.45, 7) is 1.86. The molecule has 6 nitrogen and oxygen atoms in total. The van der Waals surface area contributed by atoms with Crippen LogP contribution in [0.15, 0.2) is 52.3 Å². The van der Waals surface area contributed by atoms with Crippen molar-refractivity contribution in [3.63, 3.8) is 0 Å². The molecule has 1 saturated carbocycles. The SMILES string of the molecule is CSc1cccc(NC(=O)c2cc(NCC3CC3)cc(S(=O)(=O)N3CCCC3)c2)c1. The molecule has 0 spiro atoms. The Morgan fingerprint density at radius 2 is 1.87 bits per heavy atom. The number of carbonyl (C=O) groups is 1. The van der Waals surface area contributed by atoms with Crippen LogP contribution in [-0.4, -0.2) is 44.5 Å². The van der Waals surface area contributed by atoms with Gasteiger partial charge in [0.05, 0.1) is 4.90 Å². The highest BCUT2D eigenvalue weighted by molar-refractivity contribution is 7.98. The topological polar surface area (TPSA) is 78.5 Å². The number of carbonyl (C=O) groups excluding carboxylic acids is 1. The second-order valence-electron chi connectivity index (χ2n) is 7.87. The van der Waals surface area contributed by atoms with Gasteiger partial charge in [-0.05, 0) is 74.3 Å². The number of benzene rings is 2. The van der Waals surface area contributed by atoms with Crippen molar-refractivity contribution in [1.29, 1.82) is 0 Å². The molecule has 1 aliphatic carbocycles. The molecule has 0 unspecified atom stereocenters. The molecule has 2 aromatic carbocycles. The minimum absolute atomic E-state index is 0.174. The van der Waals surface area contributed by atoms with Crippen molar-refractivity contribution < 1.29 is 13.2 Å². The summed E-state index contributed by atoms with van der Waals surface area (Å²) in [5.41, 5.74) is 1.69. The Kier molecular flexibility index (Phi) is 6.36. The van der Waals surface area contributed by atoms with E-state index in [0.29, 0.717) is 35.9 Å². The van der Waals surface area contributed by atoms with E-state index >= 15 is 0 Å². The zero-order valence-corrected chi connectivity index (χ0v) is 18.7. The number of amides is 1. The van der Waals surface area contributed by atoms with Crippen LogP contribution in [0, 0.1) is 5.92 Å². The van der Waals surface area contributed by atoms with Gasteiger partial charge in [-0.2, -0.15) is 4.31 Å². The fraction of sp³-hybridized carbons (Fsp3) is 0.409. The van der Waals surface area contributed by atoms with E-state index in [2.05, 4.69) is 10.6 Å². The van der Waals surface area contributed by atoms with Gasteiger partial charge in [0, 0.05) is 41.5 Å². The third-order valence-corrected chi connectivity index (χ3v) is 8.09. The normalized spacial score (nSPS) is 17.1. The quantitative estimate of drug-likeness (QED) is 0.594. The van der Waals surface area contributed by atoms with Gasteiger partial charge in [0.15, 0.2) is 0 Å². The molecule has 1 amide bonds. The van der Waals surface area contributed by atoms with Crippen molar-refractivity contribution >= 4 is 39.1 Å². The smallest absolute Gasteiger partial charge is 0.255 e. The third kappa shape index (κ3) is 4.99. The summed E-state index contributed by atoms with van der Waals surface area (Å²) in [5.74, 6) is 0.316. The number of hydrogen-bond acceptors (Lipinski definition) is 5. The minimum Gasteiger partial charge on any atom is -0.385 e. The summed E-state index contributed by atoms with van der Waals surface area (Å²) < 4.78 is 27.7. The van der Waals surface area contributed by atoms with Crippen LogP contribution >= 0.6 is 11.8 Å². The molecule has 1 aliphatic heterocycles. The molecule has 2 N–H and O–H groups in total. The van der Waals surface area contributed by atoms with Gasteiger partial charge in [-0.3, -0.25) is 4.79 Å². The number of anilines is 2. The summed E-state index contributed by atoms with van der Waals surface area (Å²) in [5, 5.41) is 6.22. The zero-order chi connectivity index (χ0) is 21.1. The average molecular weight is 446 g/mol. The Labute approximate surface area is 182 Å². The van der Waals surface area contributed by atoms with Crippen LogP contribution in [0.2, 0.25) is 0 Å². The van der Waals surface area contributed by atoms with Gasteiger partial charge in [-0.15, -0.1) is 11.8 Å². The van der Waals surface area contributed by atoms with Crippen molar-refractivity contribution in [1.82, 2.24) is 4.31 Å². The molecule has 0 radical (unpaired) electrons. The second-order valence-corrected chi connectivity index (χ2v) is 10.7. The van der Waals surface area contributed by atoms with E-state index in [1.165, 1.54) is 23.2 Å². The summed E-state index contributed by atoms with van der Waals surface area (Å²) in [6, 6.07) is 12.5. The lowest BCUT2D eigenvalue weighted by Crippen LogP contribution is -2.28. The van der Waals surface area contributed by atoms with Gasteiger partial charge in [0.25, 0.3) is 5.91 Å². The van der Waals surface area contributed by atoms with Crippen LogP contribution in [0.3, 0.4) is 0 Å². The molecule has 4 rings (SSSR count). The first kappa shape index (κ1) is 21.2. The molecule has 2 aliphatic rings. The Balaban J connectivity index is 1.63. The second kappa shape index (κ2) is 8.99. The fourth-order valence-electron chi connectivity index (χ4n) is 3.55. The summed E-state index contributed by atoms with van der Waals surface area (Å²) >= 11 is 1.60. The van der Waals surface area contributed by atoms with Crippen LogP contribution in [0.25, 0.3) is 0 Å². The van der Waals surface area contributed by atoms with Crippen molar-refractivity contribution in [3.05, 3.63) is 48.0 Å². The molecule has 0 bridgehead atoms. The predicted molar refractivity (Wildman–Crippen MR) is 122 cm³/mol. The first-order valence-corrected chi connectivity index (χ1v) is 13.0. The lowest BCUT2D eigenvalue weighted by Gasteiger charge is -2.18. The number of sulfonamides is 1. The van der Waals surface area contributed by atoms with E-state index in [1.54, 1.807) is 23.9 Å². The number of rotatable bonds is 8. The van der Waals surface area contributed by atoms with E-state index < -0.39 is 10.0 Å². The Hall–Kier alpha value is -2.03. The Morgan fingerprint density at radius 3 is 2.57 bits per heavy atom. The van der Waals surface area contributed by atoms with E-state index in [4.69, 9.17) is 0 Å². The molecule has 0 aromatic heterocycles. The fourth-order valence-corrected chi connectivity index (χ4v) is 5.60. The molecule has 160 valence electrons. The highest BCUT2D eigenvalue weighted by atomic mass is 32.2. The van der Waals surface area contributed by atoms with Crippen LogP contribution in [0.4, 0.5) is 11.4 Å². The first-order valence-electron chi connectivity index (χ1n) is 10.3. The monoisotopic (exact) mass is 445 g/mol. The average Bonchev–Trinajstić information content (AvgIpc) is 3.41. The molecule has 2 fully saturated rings. The molecule has 30 heavy (non-hydrogen) atoms. The van der Waals surface area contributed by atoms with Gasteiger partial charge in [-0.1, -0.05) is 6.07 Å². The number of nitrogens with one attached hydrogen (secondary N) is 2. The van der Waals surface area contributed by atoms with Gasteiger partial charge in [0.1, 0.15) is 0 Å². The lowest BCUT2D eigenvalue weighted by molar-refractivity contribution is 0.102. The number of hydrogen-bond donors (Lipinski definition) is 2. The van der Waals surface area contributed by atoms with Crippen LogP contribution in [0.1, 0.15) is 36.0 Å². The van der Waals surface area contributed by atoms with E-state index in [-0.39, 0.29) is 10.8 Å².